The van der Waals surface area contributed by atoms with Gasteiger partial charge in [-0.3, -0.25) is 14.5 Å². The monoisotopic (exact) mass is 570 g/mol. The van der Waals surface area contributed by atoms with E-state index in [0.29, 0.717) is 11.1 Å². The van der Waals surface area contributed by atoms with Crippen LogP contribution >= 0.6 is 11.8 Å². The van der Waals surface area contributed by atoms with E-state index < -0.39 is 24.5 Å². The van der Waals surface area contributed by atoms with Gasteiger partial charge < -0.3 is 10.4 Å². The fraction of sp³-hybridized carbons (Fsp3) is 0.206. The molecule has 0 bridgehead atoms. The van der Waals surface area contributed by atoms with Crippen molar-refractivity contribution in [3.8, 4) is 11.1 Å². The van der Waals surface area contributed by atoms with E-state index in [1.807, 2.05) is 80.2 Å². The maximum Gasteiger partial charge on any atom is 0.325 e. The van der Waals surface area contributed by atoms with E-state index >= 15 is 0 Å². The van der Waals surface area contributed by atoms with Gasteiger partial charge in [-0.05, 0) is 54.0 Å². The summed E-state index contributed by atoms with van der Waals surface area (Å²) in [5.41, 5.74) is 5.13. The number of aliphatic carboxylic acids is 1. The van der Waals surface area contributed by atoms with Crippen molar-refractivity contribution in [2.45, 2.75) is 26.0 Å². The van der Waals surface area contributed by atoms with Gasteiger partial charge >= 0.3 is 12.0 Å². The highest BCUT2D eigenvalue weighted by molar-refractivity contribution is 7.97. The first-order valence-electron chi connectivity index (χ1n) is 13.3. The molecule has 0 spiro atoms. The summed E-state index contributed by atoms with van der Waals surface area (Å²) in [5.74, 6) is -0.612. The minimum atomic E-state index is -1.20. The number of carboxylic acid groups (broad SMARTS) is 1. The van der Waals surface area contributed by atoms with Gasteiger partial charge in [0.1, 0.15) is 6.54 Å². The van der Waals surface area contributed by atoms with Crippen LogP contribution in [0.25, 0.3) is 11.1 Å². The van der Waals surface area contributed by atoms with Crippen molar-refractivity contribution in [1.29, 1.82) is 0 Å². The van der Waals surface area contributed by atoms with Gasteiger partial charge in [0, 0.05) is 11.3 Å². The van der Waals surface area contributed by atoms with E-state index in [0.717, 1.165) is 33.8 Å². The number of nitrogens with zero attached hydrogens (tertiary/aromatic N) is 1. The fourth-order valence-electron chi connectivity index (χ4n) is 3.74. The maximum absolute atomic E-state index is 13.2. The molecular weight excluding hydrogens is 532 g/mol. The molecule has 6 nitrogen and oxygen atoms in total. The van der Waals surface area contributed by atoms with Gasteiger partial charge in [0.15, 0.2) is 0 Å². The summed E-state index contributed by atoms with van der Waals surface area (Å²) in [6.45, 7) is 7.24. The minimum absolute atomic E-state index is 0.0724. The zero-order chi connectivity index (χ0) is 30.0. The largest absolute Gasteiger partial charge is 0.480 e. The quantitative estimate of drug-likeness (QED) is 0.232. The number of amides is 3. The van der Waals surface area contributed by atoms with Crippen LogP contribution in [-0.4, -0.2) is 47.3 Å². The standard InChI is InChI=1S/C26H28N2O4.C8H10S/c1-4-20(5-2)15-14-19(3)18-28(26(32)27-17-24(29)30)25(31)23-13-9-12-22(16-23)21-10-7-6-8-11-21;1-9-7-8-5-3-2-4-6-8/h4,6-16H,3,5,17-18H2,1-2H3,(H,27,32)(H,29,30);2-6H,7H2,1H3/b15-14-,20-4-;. The molecule has 0 aliphatic carbocycles. The van der Waals surface area contributed by atoms with Crippen LogP contribution in [0.2, 0.25) is 0 Å². The second kappa shape index (κ2) is 18.1. The summed E-state index contributed by atoms with van der Waals surface area (Å²) in [6.07, 6.45) is 8.57. The first-order chi connectivity index (χ1) is 19.8. The number of hydrogen-bond donors (Lipinski definition) is 2. The van der Waals surface area contributed by atoms with Crippen molar-refractivity contribution >= 4 is 29.7 Å². The van der Waals surface area contributed by atoms with E-state index in [2.05, 4.69) is 42.4 Å². The molecule has 3 amide bonds. The Kier molecular flexibility index (Phi) is 14.5. The Labute approximate surface area is 247 Å². The van der Waals surface area contributed by atoms with Crippen LogP contribution in [0.15, 0.2) is 121 Å². The van der Waals surface area contributed by atoms with Gasteiger partial charge in [-0.2, -0.15) is 11.8 Å². The smallest absolute Gasteiger partial charge is 0.325 e. The number of rotatable bonds is 11. The molecule has 2 N–H and O–H groups in total. The summed E-state index contributed by atoms with van der Waals surface area (Å²) in [4.78, 5) is 37.8. The lowest BCUT2D eigenvalue weighted by Gasteiger charge is -2.21. The van der Waals surface area contributed by atoms with Gasteiger partial charge in [0.2, 0.25) is 0 Å². The molecule has 0 heterocycles. The lowest BCUT2D eigenvalue weighted by Crippen LogP contribution is -2.46. The summed E-state index contributed by atoms with van der Waals surface area (Å²) >= 11 is 1.85. The number of urea groups is 1. The molecule has 0 unspecified atom stereocenters. The Bertz CT molecular complexity index is 1350. The summed E-state index contributed by atoms with van der Waals surface area (Å²) in [7, 11) is 0. The second-order valence-electron chi connectivity index (χ2n) is 9.02. The molecule has 0 aliphatic heterocycles. The van der Waals surface area contributed by atoms with E-state index in [-0.39, 0.29) is 6.54 Å². The van der Waals surface area contributed by atoms with Crippen LogP contribution in [0.3, 0.4) is 0 Å². The molecule has 214 valence electrons. The Balaban J connectivity index is 0.000000553. The molecule has 7 heteroatoms. The van der Waals surface area contributed by atoms with Gasteiger partial charge in [0.25, 0.3) is 5.91 Å². The van der Waals surface area contributed by atoms with Crippen LogP contribution < -0.4 is 5.32 Å². The summed E-state index contributed by atoms with van der Waals surface area (Å²) in [6, 6.07) is 26.2. The molecule has 0 aromatic heterocycles. The molecule has 0 saturated carbocycles. The van der Waals surface area contributed by atoms with Gasteiger partial charge in [0.05, 0.1) is 6.54 Å². The number of nitrogens with one attached hydrogen (secondary N) is 1. The molecule has 3 rings (SSSR count). The first kappa shape index (κ1) is 32.8. The van der Waals surface area contributed by atoms with Crippen LogP contribution in [-0.2, 0) is 10.5 Å². The summed E-state index contributed by atoms with van der Waals surface area (Å²) in [5, 5.41) is 11.2. The highest BCUT2D eigenvalue weighted by atomic mass is 32.2. The van der Waals surface area contributed by atoms with Crippen molar-refractivity contribution < 1.29 is 19.5 Å². The Morgan fingerprint density at radius 2 is 1.56 bits per heavy atom. The molecule has 0 saturated heterocycles. The SMILES string of the molecule is C=C(/C=C\C(=C/C)CC)CN(C(=O)NCC(=O)O)C(=O)c1cccc(-c2ccccc2)c1.CSCc1ccccc1. The molecule has 0 fully saturated rings. The fourth-order valence-corrected chi connectivity index (χ4v) is 4.27. The maximum atomic E-state index is 13.2. The van der Waals surface area contributed by atoms with Crippen molar-refractivity contribution in [2.75, 3.05) is 19.3 Å². The highest BCUT2D eigenvalue weighted by Gasteiger charge is 2.24. The molecular formula is C34H38N2O4S. The predicted octanol–water partition coefficient (Wildman–Crippen LogP) is 7.61. The molecule has 3 aromatic rings. The Morgan fingerprint density at radius 3 is 2.15 bits per heavy atom. The normalized spacial score (nSPS) is 10.9. The lowest BCUT2D eigenvalue weighted by atomic mass is 10.0. The van der Waals surface area contributed by atoms with Gasteiger partial charge in [-0.1, -0.05) is 110 Å². The first-order valence-corrected chi connectivity index (χ1v) is 14.7. The van der Waals surface area contributed by atoms with Crippen molar-refractivity contribution in [2.24, 2.45) is 0 Å². The number of benzene rings is 3. The number of hydrogen-bond acceptors (Lipinski definition) is 4. The van der Waals surface area contributed by atoms with E-state index in [4.69, 9.17) is 5.11 Å². The average molecular weight is 571 g/mol. The third-order valence-electron chi connectivity index (χ3n) is 5.92. The highest BCUT2D eigenvalue weighted by Crippen LogP contribution is 2.21. The van der Waals surface area contributed by atoms with Gasteiger partial charge in [-0.15, -0.1) is 0 Å². The average Bonchev–Trinajstić information content (AvgIpc) is 3.00. The molecule has 41 heavy (non-hydrogen) atoms. The van der Waals surface area contributed by atoms with E-state index in [1.165, 1.54) is 5.56 Å². The van der Waals surface area contributed by atoms with Crippen molar-refractivity contribution in [1.82, 2.24) is 10.2 Å². The van der Waals surface area contributed by atoms with Crippen LogP contribution in [0.4, 0.5) is 4.79 Å². The lowest BCUT2D eigenvalue weighted by molar-refractivity contribution is -0.135. The minimum Gasteiger partial charge on any atom is -0.480 e. The van der Waals surface area contributed by atoms with Crippen molar-refractivity contribution in [3.05, 3.63) is 132 Å². The van der Waals surface area contributed by atoms with Crippen LogP contribution in [0, 0.1) is 0 Å². The molecule has 0 atom stereocenters. The summed E-state index contributed by atoms with van der Waals surface area (Å²) < 4.78 is 0. The molecule has 0 radical (unpaired) electrons. The topological polar surface area (TPSA) is 86.7 Å². The molecule has 0 aliphatic rings. The predicted molar refractivity (Wildman–Crippen MR) is 170 cm³/mol. The third-order valence-corrected chi connectivity index (χ3v) is 6.55. The number of allylic oxidation sites excluding steroid dienone is 3. The van der Waals surface area contributed by atoms with Crippen molar-refractivity contribution in [3.63, 3.8) is 0 Å². The van der Waals surface area contributed by atoms with Gasteiger partial charge in [-0.25, -0.2) is 4.79 Å². The van der Waals surface area contributed by atoms with E-state index in [9.17, 15) is 14.4 Å². The number of carboxylic acids is 1. The zero-order valence-electron chi connectivity index (χ0n) is 23.9. The van der Waals surface area contributed by atoms with Crippen LogP contribution in [0.1, 0.15) is 36.2 Å². The molecule has 3 aromatic carbocycles. The van der Waals surface area contributed by atoms with Crippen LogP contribution in [0.5, 0.6) is 0 Å². The third kappa shape index (κ3) is 11.7. The number of carbonyl (C=O) groups is 3. The van der Waals surface area contributed by atoms with E-state index in [1.54, 1.807) is 24.3 Å². The number of thioether (sulfide) groups is 1. The Morgan fingerprint density at radius 1 is 0.927 bits per heavy atom. The number of carbonyl (C=O) groups excluding carboxylic acids is 2. The zero-order valence-corrected chi connectivity index (χ0v) is 24.7. The Hall–Kier alpha value is -4.36. The second-order valence-corrected chi connectivity index (χ2v) is 9.88. The number of imide groups is 1.